The number of hydrogen-bond donors (Lipinski definition) is 18. The third kappa shape index (κ3) is 24.4. The van der Waals surface area contributed by atoms with E-state index in [4.69, 9.17) is 11.5 Å². The third-order valence-corrected chi connectivity index (χ3v) is 14.9. The van der Waals surface area contributed by atoms with Crippen molar-refractivity contribution in [1.82, 2.24) is 63.4 Å². The molecule has 0 unspecified atom stereocenters. The standard InChI is InChI=1S/C56H78N14O20S/c1-28(73)46-56(90)59-24-43(77)61-39(27-72)54(88)66-36(22-30-10-12-31(74)13-11-30)52(86)68-38(26-71)47(81)60-25-44(78)70-19-6-9-40(70)55(89)67-37(23-42(58)76)53(87)63-33(15-17-45(79)80)48(82)65-35(21-29-7-4-3-5-8-29)51(85)64-34(18-20-91-2)49(83)62-32(50(84)69-46)14-16-41(57)75/h3-5,7-8,10-13,28,32-40,46,71-74H,6,9,14-27H2,1-2H3,(H2,57,75)(H2,58,76)(H,59,90)(H,60,81)(H,61,77)(H,62,83)(H,63,87)(H,64,85)(H,65,82)(H,66,88)(H,67,89)(H,68,86)(H,69,84)(H,79,80)/t28-,32+,33-,34+,35+,36+,37+,38+,39+,40+,46+/m1/s1. The lowest BCUT2D eigenvalue weighted by molar-refractivity contribution is -0.141. The summed E-state index contributed by atoms with van der Waals surface area (Å²) in [6.45, 7) is -3.07. The molecular weight excluding hydrogens is 1220 g/mol. The Bertz CT molecular complexity index is 2960. The van der Waals surface area contributed by atoms with Crippen LogP contribution in [-0.2, 0) is 84.8 Å². The number of carboxylic acids is 1. The van der Waals surface area contributed by atoms with Gasteiger partial charge in [-0.25, -0.2) is 0 Å². The average molecular weight is 1300 g/mol. The van der Waals surface area contributed by atoms with Gasteiger partial charge in [-0.3, -0.25) is 71.9 Å². The van der Waals surface area contributed by atoms with Gasteiger partial charge in [-0.1, -0.05) is 42.5 Å². The SMILES string of the molecule is CSCC[C@@H]1NC(=O)[C@H](Cc2ccccc2)NC(=O)[C@@H](CCC(=O)O)NC(=O)[C@H](CC(N)=O)NC(=O)[C@@H]2CCCN2C(=O)CNC(=O)[C@H](CO)NC(=O)[C@H](Cc2ccc(O)cc2)NC(=O)[C@H](CO)NC(=O)CNC(=O)[C@H]([C@@H](C)O)NC(=O)[C@H](CCC(N)=O)NC1=O. The number of carbonyl (C=O) groups is 15. The number of aliphatic carboxylic acids is 1. The normalized spacial score (nSPS) is 25.0. The van der Waals surface area contributed by atoms with Crippen LogP contribution < -0.4 is 70.0 Å². The summed E-state index contributed by atoms with van der Waals surface area (Å²) in [7, 11) is 0. The Labute approximate surface area is 525 Å². The summed E-state index contributed by atoms with van der Waals surface area (Å²) in [4.78, 5) is 204. The summed E-state index contributed by atoms with van der Waals surface area (Å²) in [5, 5.41) is 76.2. The van der Waals surface area contributed by atoms with Crippen LogP contribution in [-0.4, -0.2) is 230 Å². The summed E-state index contributed by atoms with van der Waals surface area (Å²) < 4.78 is 0. The molecule has 91 heavy (non-hydrogen) atoms. The molecule has 2 aromatic carbocycles. The number of amides is 14. The second-order valence-electron chi connectivity index (χ2n) is 21.3. The molecule has 0 aromatic heterocycles. The van der Waals surface area contributed by atoms with Crippen molar-refractivity contribution in [1.29, 1.82) is 0 Å². The van der Waals surface area contributed by atoms with Crippen LogP contribution in [0.15, 0.2) is 54.6 Å². The number of phenols is 1. The fourth-order valence-corrected chi connectivity index (χ4v) is 9.81. The molecule has 20 N–H and O–H groups in total. The van der Waals surface area contributed by atoms with Crippen LogP contribution in [0.3, 0.4) is 0 Å². The molecule has 0 bridgehead atoms. The quantitative estimate of drug-likeness (QED) is 0.0659. The first-order chi connectivity index (χ1) is 43.1. The first kappa shape index (κ1) is 74.0. The molecule has 2 aliphatic rings. The van der Waals surface area contributed by atoms with Crippen LogP contribution in [0.5, 0.6) is 5.75 Å². The van der Waals surface area contributed by atoms with Gasteiger partial charge in [0, 0.05) is 32.2 Å². The minimum atomic E-state index is -1.91. The predicted octanol–water partition coefficient (Wildman–Crippen LogP) is -8.10. The summed E-state index contributed by atoms with van der Waals surface area (Å²) in [5.74, 6) is -17.0. The number of thioether (sulfide) groups is 1. The Morgan fingerprint density at radius 1 is 0.549 bits per heavy atom. The van der Waals surface area contributed by atoms with E-state index in [0.717, 1.165) is 11.8 Å². The molecule has 11 atom stereocenters. The molecule has 2 fully saturated rings. The van der Waals surface area contributed by atoms with Crippen molar-refractivity contribution in [3.05, 3.63) is 65.7 Å². The molecule has 2 heterocycles. The van der Waals surface area contributed by atoms with Gasteiger partial charge in [0.1, 0.15) is 66.2 Å². The zero-order valence-electron chi connectivity index (χ0n) is 49.7. The number of aliphatic hydroxyl groups excluding tert-OH is 3. The molecule has 0 spiro atoms. The van der Waals surface area contributed by atoms with Gasteiger partial charge in [0.05, 0.1) is 38.8 Å². The fraction of sp³-hybridized carbons (Fsp3) is 0.518. The smallest absolute Gasteiger partial charge is 0.303 e. The Morgan fingerprint density at radius 2 is 1.01 bits per heavy atom. The van der Waals surface area contributed by atoms with Gasteiger partial charge in [0.15, 0.2) is 0 Å². The molecule has 498 valence electrons. The molecule has 34 nitrogen and oxygen atoms in total. The summed E-state index contributed by atoms with van der Waals surface area (Å²) >= 11 is 1.23. The number of carbonyl (C=O) groups excluding carboxylic acids is 14. The van der Waals surface area contributed by atoms with Crippen LogP contribution in [0.25, 0.3) is 0 Å². The highest BCUT2D eigenvalue weighted by atomic mass is 32.2. The molecule has 0 aliphatic carbocycles. The molecule has 0 saturated carbocycles. The zero-order valence-corrected chi connectivity index (χ0v) is 50.5. The predicted molar refractivity (Wildman–Crippen MR) is 318 cm³/mol. The molecule has 0 radical (unpaired) electrons. The van der Waals surface area contributed by atoms with Gasteiger partial charge in [-0.05, 0) is 74.3 Å². The molecule has 14 amide bonds. The highest BCUT2D eigenvalue weighted by molar-refractivity contribution is 7.98. The van der Waals surface area contributed by atoms with Crippen molar-refractivity contribution < 1.29 is 97.5 Å². The Hall–Kier alpha value is -9.48. The van der Waals surface area contributed by atoms with E-state index in [1.807, 2.05) is 0 Å². The molecule has 35 heteroatoms. The van der Waals surface area contributed by atoms with Gasteiger partial charge in [0.2, 0.25) is 82.7 Å². The van der Waals surface area contributed by atoms with Crippen molar-refractivity contribution in [2.24, 2.45) is 11.5 Å². The second kappa shape index (κ2) is 36.9. The lowest BCUT2D eigenvalue weighted by Crippen LogP contribution is -2.61. The molecule has 2 aromatic rings. The van der Waals surface area contributed by atoms with Crippen LogP contribution in [0, 0.1) is 0 Å². The van der Waals surface area contributed by atoms with Crippen LogP contribution in [0.1, 0.15) is 69.4 Å². The maximum absolute atomic E-state index is 14.5. The third-order valence-electron chi connectivity index (χ3n) is 14.2. The molecular formula is C56H78N14O20S. The van der Waals surface area contributed by atoms with Crippen molar-refractivity contribution in [3.8, 4) is 5.75 Å². The lowest BCUT2D eigenvalue weighted by Gasteiger charge is -2.28. The van der Waals surface area contributed by atoms with E-state index in [1.54, 1.807) is 36.6 Å². The van der Waals surface area contributed by atoms with Crippen molar-refractivity contribution >= 4 is 100 Å². The first-order valence-electron chi connectivity index (χ1n) is 28.7. The lowest BCUT2D eigenvalue weighted by atomic mass is 10.0. The van der Waals surface area contributed by atoms with Gasteiger partial charge < -0.3 is 100 Å². The van der Waals surface area contributed by atoms with Crippen molar-refractivity contribution in [2.75, 3.05) is 44.9 Å². The zero-order chi connectivity index (χ0) is 67.5. The van der Waals surface area contributed by atoms with E-state index in [-0.39, 0.29) is 50.2 Å². The molecule has 2 saturated heterocycles. The minimum absolute atomic E-state index is 0.0266. The fourth-order valence-electron chi connectivity index (χ4n) is 9.34. The van der Waals surface area contributed by atoms with Gasteiger partial charge >= 0.3 is 5.97 Å². The number of rotatable bonds is 18. The number of hydrogen-bond acceptors (Lipinski definition) is 20. The first-order valence-corrected chi connectivity index (χ1v) is 30.1. The number of nitrogens with one attached hydrogen (secondary N) is 11. The number of phenolic OH excluding ortho intramolecular Hbond substituents is 1. The van der Waals surface area contributed by atoms with E-state index >= 15 is 0 Å². The summed E-state index contributed by atoms with van der Waals surface area (Å²) in [6, 6.07) is -4.01. The number of aromatic hydroxyl groups is 1. The second-order valence-corrected chi connectivity index (χ2v) is 22.3. The number of benzene rings is 2. The van der Waals surface area contributed by atoms with Gasteiger partial charge in [-0.2, -0.15) is 11.8 Å². The molecule has 4 rings (SSSR count). The van der Waals surface area contributed by atoms with E-state index in [0.29, 0.717) is 11.1 Å². The van der Waals surface area contributed by atoms with Gasteiger partial charge in [0.25, 0.3) is 0 Å². The van der Waals surface area contributed by atoms with Gasteiger partial charge in [-0.15, -0.1) is 0 Å². The van der Waals surface area contributed by atoms with Crippen molar-refractivity contribution in [3.63, 3.8) is 0 Å². The summed E-state index contributed by atoms with van der Waals surface area (Å²) in [6.07, 6.45) is -4.14. The highest BCUT2D eigenvalue weighted by Crippen LogP contribution is 2.19. The Morgan fingerprint density at radius 3 is 1.54 bits per heavy atom. The number of nitrogens with zero attached hydrogens (tertiary/aromatic N) is 1. The van der Waals surface area contributed by atoms with Crippen LogP contribution in [0.2, 0.25) is 0 Å². The van der Waals surface area contributed by atoms with E-state index in [9.17, 15) is 97.5 Å². The minimum Gasteiger partial charge on any atom is -0.508 e. The average Bonchev–Trinajstić information content (AvgIpc) is 3.71. The highest BCUT2D eigenvalue weighted by Gasteiger charge is 2.39. The Balaban J connectivity index is 1.77. The largest absolute Gasteiger partial charge is 0.508 e. The maximum atomic E-state index is 14.5. The van der Waals surface area contributed by atoms with Crippen LogP contribution >= 0.6 is 11.8 Å². The number of carboxylic acid groups (broad SMARTS) is 1. The number of aliphatic hydroxyl groups is 3. The molecule has 2 aliphatic heterocycles. The number of nitrogens with two attached hydrogens (primary N) is 2. The maximum Gasteiger partial charge on any atom is 0.303 e. The number of fused-ring (bicyclic) bond motifs is 1. The van der Waals surface area contributed by atoms with E-state index in [2.05, 4.69) is 58.5 Å². The number of primary amides is 2. The van der Waals surface area contributed by atoms with Crippen LogP contribution in [0.4, 0.5) is 0 Å². The summed E-state index contributed by atoms with van der Waals surface area (Å²) in [5.41, 5.74) is 11.6. The van der Waals surface area contributed by atoms with E-state index in [1.165, 1.54) is 36.0 Å². The topological polar surface area (TPSA) is 545 Å². The monoisotopic (exact) mass is 1300 g/mol. The van der Waals surface area contributed by atoms with Crippen molar-refractivity contribution in [2.45, 2.75) is 138 Å². The van der Waals surface area contributed by atoms with E-state index < -0.39 is 214 Å². The Kier molecular flexibility index (Phi) is 30.0.